The van der Waals surface area contributed by atoms with Gasteiger partial charge in [0.1, 0.15) is 11.6 Å². The van der Waals surface area contributed by atoms with E-state index in [2.05, 4.69) is 27.0 Å². The molecule has 0 saturated carbocycles. The monoisotopic (exact) mass is 405 g/mol. The molecule has 0 spiro atoms. The maximum Gasteiger partial charge on any atom is 0.234 e. The second-order valence-corrected chi connectivity index (χ2v) is 7.43. The van der Waals surface area contributed by atoms with Crippen LogP contribution in [-0.4, -0.2) is 57.6 Å². The molecule has 0 radical (unpaired) electrons. The lowest BCUT2D eigenvalue weighted by molar-refractivity contribution is -0.113. The van der Waals surface area contributed by atoms with Crippen molar-refractivity contribution in [2.24, 2.45) is 0 Å². The van der Waals surface area contributed by atoms with Crippen LogP contribution in [0.25, 0.3) is 0 Å². The number of rotatable bonds is 8. The average Bonchev–Trinajstić information content (AvgIpc) is 3.06. The zero-order valence-electron chi connectivity index (χ0n) is 15.9. The summed E-state index contributed by atoms with van der Waals surface area (Å²) in [5.74, 6) is 0.391. The van der Waals surface area contributed by atoms with E-state index in [0.717, 1.165) is 37.7 Å². The topological polar surface area (TPSA) is 72.3 Å². The zero-order valence-corrected chi connectivity index (χ0v) is 16.7. The number of benzene rings is 1. The molecule has 1 fully saturated rings. The van der Waals surface area contributed by atoms with Crippen molar-refractivity contribution in [1.29, 1.82) is 0 Å². The molecular formula is C19H24FN5O2S. The Hall–Kier alpha value is -2.23. The second kappa shape index (κ2) is 9.81. The summed E-state index contributed by atoms with van der Waals surface area (Å²) in [5, 5.41) is 11.9. The van der Waals surface area contributed by atoms with Crippen molar-refractivity contribution >= 4 is 23.4 Å². The minimum absolute atomic E-state index is 0.156. The Labute approximate surface area is 168 Å². The molecule has 9 heteroatoms. The summed E-state index contributed by atoms with van der Waals surface area (Å²) < 4.78 is 20.7. The summed E-state index contributed by atoms with van der Waals surface area (Å²) >= 11 is 1.30. The van der Waals surface area contributed by atoms with Crippen molar-refractivity contribution in [3.8, 4) is 0 Å². The highest BCUT2D eigenvalue weighted by molar-refractivity contribution is 7.99. The molecule has 1 saturated heterocycles. The van der Waals surface area contributed by atoms with Gasteiger partial charge in [-0.05, 0) is 24.6 Å². The Morgan fingerprint density at radius 1 is 1.39 bits per heavy atom. The van der Waals surface area contributed by atoms with Crippen LogP contribution in [0.5, 0.6) is 0 Å². The molecule has 0 aliphatic carbocycles. The van der Waals surface area contributed by atoms with Gasteiger partial charge in [-0.3, -0.25) is 9.69 Å². The van der Waals surface area contributed by atoms with Crippen molar-refractivity contribution in [2.75, 3.05) is 37.4 Å². The lowest BCUT2D eigenvalue weighted by atomic mass is 10.2. The first-order valence-corrected chi connectivity index (χ1v) is 10.1. The quantitative estimate of drug-likeness (QED) is 0.537. The fraction of sp³-hybridized carbons (Fsp3) is 0.421. The van der Waals surface area contributed by atoms with Crippen LogP contribution in [0.1, 0.15) is 11.4 Å². The molecular weight excluding hydrogens is 381 g/mol. The minimum atomic E-state index is -0.382. The van der Waals surface area contributed by atoms with Gasteiger partial charge in [-0.25, -0.2) is 4.39 Å². The first-order valence-electron chi connectivity index (χ1n) is 9.08. The summed E-state index contributed by atoms with van der Waals surface area (Å²) in [7, 11) is 0. The number of hydrogen-bond acceptors (Lipinski definition) is 6. The lowest BCUT2D eigenvalue weighted by Crippen LogP contribution is -2.36. The van der Waals surface area contributed by atoms with Gasteiger partial charge >= 0.3 is 0 Å². The van der Waals surface area contributed by atoms with Gasteiger partial charge in [-0.15, -0.1) is 16.8 Å². The summed E-state index contributed by atoms with van der Waals surface area (Å²) in [6.45, 7) is 10.0. The Morgan fingerprint density at radius 2 is 2.18 bits per heavy atom. The molecule has 150 valence electrons. The Balaban J connectivity index is 1.62. The molecule has 1 amide bonds. The number of amides is 1. The molecule has 0 unspecified atom stereocenters. The summed E-state index contributed by atoms with van der Waals surface area (Å²) in [4.78, 5) is 14.6. The van der Waals surface area contributed by atoms with Gasteiger partial charge in [0.15, 0.2) is 5.16 Å². The number of ether oxygens (including phenoxy) is 1. The lowest BCUT2D eigenvalue weighted by Gasteiger charge is -2.26. The molecule has 1 aromatic carbocycles. The highest BCUT2D eigenvalue weighted by Gasteiger charge is 2.18. The van der Waals surface area contributed by atoms with Crippen LogP contribution in [-0.2, 0) is 22.6 Å². The van der Waals surface area contributed by atoms with E-state index in [9.17, 15) is 9.18 Å². The normalized spacial score (nSPS) is 14.8. The third-order valence-electron chi connectivity index (χ3n) is 4.38. The van der Waals surface area contributed by atoms with Crippen LogP contribution in [0.15, 0.2) is 36.0 Å². The maximum absolute atomic E-state index is 13.4. The number of morpholine rings is 1. The van der Waals surface area contributed by atoms with E-state index in [1.165, 1.54) is 23.9 Å². The van der Waals surface area contributed by atoms with Gasteiger partial charge in [-0.1, -0.05) is 23.9 Å². The standard InChI is InChI=1S/C19H24FN5O2S/c1-3-6-25-17(12-24-7-9-27-10-8-24)22-23-19(25)28-13-18(26)21-16-11-15(20)5-4-14(16)2/h3-5,11H,1,6-10,12-13H2,2H3,(H,21,26). The van der Waals surface area contributed by atoms with E-state index in [4.69, 9.17) is 4.74 Å². The molecule has 1 aromatic heterocycles. The maximum atomic E-state index is 13.4. The van der Waals surface area contributed by atoms with Gasteiger partial charge in [0.25, 0.3) is 0 Å². The SMILES string of the molecule is C=CCn1c(CN2CCOCC2)nnc1SCC(=O)Nc1cc(F)ccc1C. The third-order valence-corrected chi connectivity index (χ3v) is 5.35. The molecule has 1 N–H and O–H groups in total. The fourth-order valence-electron chi connectivity index (χ4n) is 2.86. The van der Waals surface area contributed by atoms with Crippen molar-refractivity contribution in [1.82, 2.24) is 19.7 Å². The van der Waals surface area contributed by atoms with Crippen molar-refractivity contribution < 1.29 is 13.9 Å². The van der Waals surface area contributed by atoms with Crippen molar-refractivity contribution in [2.45, 2.75) is 25.2 Å². The van der Waals surface area contributed by atoms with Crippen molar-refractivity contribution in [3.05, 3.63) is 48.1 Å². The summed E-state index contributed by atoms with van der Waals surface area (Å²) in [6, 6.07) is 4.32. The number of halogens is 1. The van der Waals surface area contributed by atoms with E-state index >= 15 is 0 Å². The van der Waals surface area contributed by atoms with Crippen LogP contribution < -0.4 is 5.32 Å². The van der Waals surface area contributed by atoms with Crippen LogP contribution in [0, 0.1) is 12.7 Å². The Bertz CT molecular complexity index is 836. The van der Waals surface area contributed by atoms with Crippen LogP contribution in [0.3, 0.4) is 0 Å². The number of nitrogens with one attached hydrogen (secondary N) is 1. The first kappa shape index (κ1) is 20.5. The van der Waals surface area contributed by atoms with Gasteiger partial charge in [0.05, 0.1) is 25.5 Å². The average molecular weight is 405 g/mol. The molecule has 7 nitrogen and oxygen atoms in total. The van der Waals surface area contributed by atoms with Gasteiger partial charge < -0.3 is 14.6 Å². The first-order chi connectivity index (χ1) is 13.6. The molecule has 1 aliphatic heterocycles. The van der Waals surface area contributed by atoms with Crippen LogP contribution in [0.2, 0.25) is 0 Å². The number of nitrogens with zero attached hydrogens (tertiary/aromatic N) is 4. The molecule has 28 heavy (non-hydrogen) atoms. The van der Waals surface area contributed by atoms with Gasteiger partial charge in [-0.2, -0.15) is 0 Å². The molecule has 1 aliphatic rings. The Kier molecular flexibility index (Phi) is 7.18. The number of aryl methyl sites for hydroxylation is 1. The molecule has 3 rings (SSSR count). The predicted octanol–water partition coefficient (Wildman–Crippen LogP) is 2.47. The van der Waals surface area contributed by atoms with E-state index in [-0.39, 0.29) is 17.5 Å². The van der Waals surface area contributed by atoms with E-state index in [1.54, 1.807) is 12.1 Å². The minimum Gasteiger partial charge on any atom is -0.379 e. The number of aromatic nitrogens is 3. The molecule has 2 aromatic rings. The number of thioether (sulfide) groups is 1. The second-order valence-electron chi connectivity index (χ2n) is 6.48. The molecule has 0 atom stereocenters. The fourth-order valence-corrected chi connectivity index (χ4v) is 3.63. The highest BCUT2D eigenvalue weighted by Crippen LogP contribution is 2.20. The molecule has 2 heterocycles. The highest BCUT2D eigenvalue weighted by atomic mass is 32.2. The van der Waals surface area contributed by atoms with Crippen LogP contribution in [0.4, 0.5) is 10.1 Å². The Morgan fingerprint density at radius 3 is 2.93 bits per heavy atom. The van der Waals surface area contributed by atoms with E-state index in [1.807, 2.05) is 11.5 Å². The number of anilines is 1. The number of carbonyl (C=O) groups is 1. The third kappa shape index (κ3) is 5.40. The number of allylic oxidation sites excluding steroid dienone is 1. The molecule has 0 bridgehead atoms. The number of hydrogen-bond donors (Lipinski definition) is 1. The van der Waals surface area contributed by atoms with E-state index in [0.29, 0.717) is 23.9 Å². The zero-order chi connectivity index (χ0) is 19.9. The van der Waals surface area contributed by atoms with Crippen LogP contribution >= 0.6 is 11.8 Å². The smallest absolute Gasteiger partial charge is 0.234 e. The van der Waals surface area contributed by atoms with Gasteiger partial charge in [0.2, 0.25) is 5.91 Å². The summed E-state index contributed by atoms with van der Waals surface area (Å²) in [6.07, 6.45) is 1.78. The number of carbonyl (C=O) groups excluding carboxylic acids is 1. The summed E-state index contributed by atoms with van der Waals surface area (Å²) in [5.41, 5.74) is 1.29. The van der Waals surface area contributed by atoms with Crippen molar-refractivity contribution in [3.63, 3.8) is 0 Å². The predicted molar refractivity (Wildman–Crippen MR) is 107 cm³/mol. The van der Waals surface area contributed by atoms with Gasteiger partial charge in [0, 0.05) is 25.3 Å². The van der Waals surface area contributed by atoms with E-state index < -0.39 is 0 Å². The largest absolute Gasteiger partial charge is 0.379 e.